The Morgan fingerprint density at radius 1 is 0.732 bits per heavy atom. The average molecular weight is 799 g/mol. The zero-order chi connectivity index (χ0) is 40.7. The number of hydrogen-bond donors (Lipinski definition) is 11. The second-order valence-corrected chi connectivity index (χ2v) is 13.5. The van der Waals surface area contributed by atoms with Crippen molar-refractivity contribution in [3.8, 4) is 34.3 Å². The molecule has 11 N–H and O–H groups in total. The van der Waals surface area contributed by atoms with Crippen LogP contribution in [0.25, 0.3) is 22.3 Å². The minimum Gasteiger partial charge on any atom is -0.508 e. The lowest BCUT2D eigenvalue weighted by Gasteiger charge is -2.45. The second kappa shape index (κ2) is 16.7. The number of aliphatic hydroxyl groups excluding tert-OH is 9. The lowest BCUT2D eigenvalue weighted by Crippen LogP contribution is -2.64. The number of hydrogen-bond acceptors (Lipinski definition) is 21. The fourth-order valence-electron chi connectivity index (χ4n) is 6.41. The van der Waals surface area contributed by atoms with E-state index in [0.29, 0.717) is 0 Å². The molecule has 0 unspecified atom stereocenters. The number of ether oxygens (including phenoxy) is 7. The maximum Gasteiger partial charge on any atom is 0.302 e. The number of phenolic OH excluding ortho intramolecular Hbond substituents is 2. The lowest BCUT2D eigenvalue weighted by atomic mass is 9.97. The van der Waals surface area contributed by atoms with E-state index in [4.69, 9.17) is 37.6 Å². The highest BCUT2D eigenvalue weighted by Crippen LogP contribution is 2.39. The molecule has 21 nitrogen and oxygen atoms in total. The van der Waals surface area contributed by atoms with Gasteiger partial charge in [-0.1, -0.05) is 0 Å². The maximum absolute atomic E-state index is 14.3. The van der Waals surface area contributed by atoms with E-state index in [2.05, 4.69) is 0 Å². The standard InChI is InChI=1S/C35H42O21/c1-11-21(40)25(44)28(47)33(50-11)56-32-27(46)23(42)19(10-49-12(2)37)54-35(32)55-31-24(43)20-16(39)7-15(51-34-29(48)26(45)22(41)18(9-36)53-34)8-17(20)52-30(31)13-3-5-14(38)6-4-13/h3-8,11,18-19,21-23,25-29,32-36,38-42,44-48H,9-10H2,1-2H3/t11-,18-,19+,21+,22+,23+,25-,26+,27-,28-,29+,32+,33+,34-,35-/m1/s1. The Kier molecular flexibility index (Phi) is 12.4. The van der Waals surface area contributed by atoms with E-state index >= 15 is 0 Å². The van der Waals surface area contributed by atoms with Crippen molar-refractivity contribution in [1.29, 1.82) is 0 Å². The van der Waals surface area contributed by atoms with Crippen molar-refractivity contribution in [2.24, 2.45) is 0 Å². The van der Waals surface area contributed by atoms with Crippen molar-refractivity contribution in [3.05, 3.63) is 46.6 Å². The van der Waals surface area contributed by atoms with Crippen LogP contribution in [0.2, 0.25) is 0 Å². The Hall–Kier alpha value is -4.20. The molecule has 3 aromatic rings. The van der Waals surface area contributed by atoms with Gasteiger partial charge in [-0.2, -0.15) is 0 Å². The highest BCUT2D eigenvalue weighted by atomic mass is 16.8. The molecule has 1 aromatic heterocycles. The highest BCUT2D eigenvalue weighted by molar-refractivity contribution is 5.88. The van der Waals surface area contributed by atoms with Gasteiger partial charge in [0.25, 0.3) is 0 Å². The summed E-state index contributed by atoms with van der Waals surface area (Å²) in [5.41, 5.74) is -1.35. The SMILES string of the molecule is CC(=O)OC[C@@H]1O[C@H](Oc2c(-c3ccc(O)cc3)oc3cc(O[C@@H]4O[C@H](CO)[C@H](O)[C@H](O)[C@@H]4O)cc(O)c3c2=O)[C@@H](O[C@@H]2O[C@H](C)[C@H](O)[C@@H](O)[C@H]2O)[C@H](O)[C@H]1O. The summed E-state index contributed by atoms with van der Waals surface area (Å²) in [6.45, 7) is 1.06. The summed E-state index contributed by atoms with van der Waals surface area (Å²) in [5.74, 6) is -3.11. The molecule has 3 aliphatic rings. The molecule has 6 rings (SSSR count). The van der Waals surface area contributed by atoms with Gasteiger partial charge in [-0.25, -0.2) is 0 Å². The van der Waals surface area contributed by atoms with Crippen LogP contribution >= 0.6 is 0 Å². The molecular formula is C35H42O21. The molecule has 0 amide bonds. The molecule has 15 atom stereocenters. The van der Waals surface area contributed by atoms with E-state index in [1.807, 2.05) is 0 Å². The largest absolute Gasteiger partial charge is 0.508 e. The summed E-state index contributed by atoms with van der Waals surface area (Å²) >= 11 is 0. The predicted molar refractivity (Wildman–Crippen MR) is 181 cm³/mol. The zero-order valence-corrected chi connectivity index (χ0v) is 29.5. The molecule has 3 fully saturated rings. The molecule has 56 heavy (non-hydrogen) atoms. The highest BCUT2D eigenvalue weighted by Gasteiger charge is 2.52. The van der Waals surface area contributed by atoms with Crippen molar-refractivity contribution in [1.82, 2.24) is 0 Å². The van der Waals surface area contributed by atoms with Gasteiger partial charge in [0.2, 0.25) is 23.8 Å². The topological polar surface area (TPSA) is 334 Å². The Bertz CT molecular complexity index is 1900. The van der Waals surface area contributed by atoms with Gasteiger partial charge in [-0.15, -0.1) is 0 Å². The predicted octanol–water partition coefficient (Wildman–Crippen LogP) is -3.35. The summed E-state index contributed by atoms with van der Waals surface area (Å²) < 4.78 is 45.2. The van der Waals surface area contributed by atoms with Crippen molar-refractivity contribution in [3.63, 3.8) is 0 Å². The van der Waals surface area contributed by atoms with Gasteiger partial charge in [0.05, 0.1) is 12.7 Å². The Labute approximate surface area is 315 Å². The van der Waals surface area contributed by atoms with Crippen LogP contribution in [0.1, 0.15) is 13.8 Å². The number of carbonyl (C=O) groups excluding carboxylic acids is 1. The summed E-state index contributed by atoms with van der Waals surface area (Å²) in [4.78, 5) is 25.9. The fraction of sp³-hybridized carbons (Fsp3) is 0.543. The van der Waals surface area contributed by atoms with Gasteiger partial charge >= 0.3 is 5.97 Å². The van der Waals surface area contributed by atoms with E-state index in [0.717, 1.165) is 19.1 Å². The second-order valence-electron chi connectivity index (χ2n) is 13.5. The van der Waals surface area contributed by atoms with E-state index in [9.17, 15) is 65.8 Å². The van der Waals surface area contributed by atoms with Crippen LogP contribution in [0.5, 0.6) is 23.0 Å². The molecule has 21 heteroatoms. The van der Waals surface area contributed by atoms with Gasteiger partial charge < -0.3 is 93.7 Å². The number of phenols is 2. The molecule has 308 valence electrons. The third kappa shape index (κ3) is 8.13. The van der Waals surface area contributed by atoms with Gasteiger partial charge in [0.15, 0.2) is 18.2 Å². The monoisotopic (exact) mass is 798 g/mol. The van der Waals surface area contributed by atoms with Gasteiger partial charge in [0.1, 0.15) is 95.9 Å². The molecule has 0 spiro atoms. The van der Waals surface area contributed by atoms with Gasteiger partial charge in [-0.05, 0) is 31.2 Å². The Balaban J connectivity index is 1.42. The van der Waals surface area contributed by atoms with Crippen molar-refractivity contribution < 1.29 is 98.5 Å². The van der Waals surface area contributed by atoms with Crippen LogP contribution in [-0.4, -0.2) is 167 Å². The first-order chi connectivity index (χ1) is 26.5. The van der Waals surface area contributed by atoms with Crippen molar-refractivity contribution in [2.75, 3.05) is 13.2 Å². The number of aromatic hydroxyl groups is 2. The first-order valence-electron chi connectivity index (χ1n) is 17.3. The number of benzene rings is 2. The molecule has 0 bridgehead atoms. The van der Waals surface area contributed by atoms with E-state index < -0.39 is 134 Å². The third-order valence-corrected chi connectivity index (χ3v) is 9.57. The molecule has 2 aromatic carbocycles. The lowest BCUT2D eigenvalue weighted by molar-refractivity contribution is -0.354. The quantitative estimate of drug-likeness (QED) is 0.0893. The van der Waals surface area contributed by atoms with Crippen molar-refractivity contribution >= 4 is 16.9 Å². The number of carbonyl (C=O) groups is 1. The summed E-state index contributed by atoms with van der Waals surface area (Å²) in [5, 5.41) is 114. The van der Waals surface area contributed by atoms with Crippen LogP contribution in [0.4, 0.5) is 0 Å². The first kappa shape index (κ1) is 41.4. The maximum atomic E-state index is 14.3. The minimum atomic E-state index is -1.98. The van der Waals surface area contributed by atoms with E-state index in [1.54, 1.807) is 0 Å². The number of esters is 1. The normalized spacial score (nSPS) is 36.2. The number of rotatable bonds is 10. The zero-order valence-electron chi connectivity index (χ0n) is 29.5. The fourth-order valence-corrected chi connectivity index (χ4v) is 6.41. The number of aliphatic hydroxyl groups is 9. The number of fused-ring (bicyclic) bond motifs is 1. The minimum absolute atomic E-state index is 0.0823. The van der Waals surface area contributed by atoms with Crippen LogP contribution in [0.15, 0.2) is 45.6 Å². The van der Waals surface area contributed by atoms with Gasteiger partial charge in [-0.3, -0.25) is 9.59 Å². The molecule has 4 heterocycles. The van der Waals surface area contributed by atoms with Crippen LogP contribution in [0.3, 0.4) is 0 Å². The first-order valence-corrected chi connectivity index (χ1v) is 17.3. The van der Waals surface area contributed by atoms with Crippen LogP contribution in [-0.2, 0) is 28.5 Å². The molecule has 0 aliphatic carbocycles. The molecular weight excluding hydrogens is 756 g/mol. The molecule has 3 saturated heterocycles. The van der Waals surface area contributed by atoms with Gasteiger partial charge in [0, 0.05) is 24.6 Å². The van der Waals surface area contributed by atoms with Crippen LogP contribution in [0, 0.1) is 0 Å². The molecule has 0 saturated carbocycles. The molecule has 0 radical (unpaired) electrons. The van der Waals surface area contributed by atoms with Crippen LogP contribution < -0.4 is 14.9 Å². The van der Waals surface area contributed by atoms with E-state index in [-0.39, 0.29) is 28.4 Å². The summed E-state index contributed by atoms with van der Waals surface area (Å²) in [7, 11) is 0. The Morgan fingerprint density at radius 3 is 2.02 bits per heavy atom. The third-order valence-electron chi connectivity index (χ3n) is 9.57. The Morgan fingerprint density at radius 2 is 1.36 bits per heavy atom. The molecule has 3 aliphatic heterocycles. The smallest absolute Gasteiger partial charge is 0.302 e. The van der Waals surface area contributed by atoms with E-state index in [1.165, 1.54) is 31.2 Å². The van der Waals surface area contributed by atoms with Crippen molar-refractivity contribution in [2.45, 2.75) is 106 Å². The summed E-state index contributed by atoms with van der Waals surface area (Å²) in [6.07, 6.45) is -25.6. The average Bonchev–Trinajstić information content (AvgIpc) is 3.16. The summed E-state index contributed by atoms with van der Waals surface area (Å²) in [6, 6.07) is 7.14.